The molecule has 0 fully saturated rings. The van der Waals surface area contributed by atoms with Gasteiger partial charge in [0.2, 0.25) is 5.78 Å². The Morgan fingerprint density at radius 1 is 0.667 bits per heavy atom. The molecule has 0 N–H and O–H groups in total. The summed E-state index contributed by atoms with van der Waals surface area (Å²) in [6.07, 6.45) is 0. The summed E-state index contributed by atoms with van der Waals surface area (Å²) in [6, 6.07) is 20.4. The van der Waals surface area contributed by atoms with E-state index in [1.54, 1.807) is 52.0 Å². The maximum absolute atomic E-state index is 13.8. The highest BCUT2D eigenvalue weighted by Crippen LogP contribution is 2.46. The minimum atomic E-state index is -0.419. The van der Waals surface area contributed by atoms with Crippen molar-refractivity contribution in [3.05, 3.63) is 94.5 Å². The molecule has 0 heterocycles. The molecule has 3 aromatic carbocycles. The van der Waals surface area contributed by atoms with Crippen LogP contribution in [0.25, 0.3) is 0 Å². The summed E-state index contributed by atoms with van der Waals surface area (Å²) < 4.78 is 11.3. The molecule has 0 aromatic heterocycles. The zero-order valence-electron chi connectivity index (χ0n) is 19.1. The van der Waals surface area contributed by atoms with Gasteiger partial charge in [0.05, 0.1) is 23.0 Å². The Morgan fingerprint density at radius 3 is 1.55 bits per heavy atom. The lowest BCUT2D eigenvalue weighted by molar-refractivity contribution is -0.138. The molecule has 0 saturated carbocycles. The quantitative estimate of drug-likeness (QED) is 0.300. The van der Waals surface area contributed by atoms with E-state index >= 15 is 0 Å². The Balaban J connectivity index is 1.95. The Hall–Kier alpha value is -3.73. The van der Waals surface area contributed by atoms with E-state index in [1.807, 2.05) is 42.5 Å². The third kappa shape index (κ3) is 4.19. The predicted molar refractivity (Wildman–Crippen MR) is 125 cm³/mol. The fourth-order valence-electron chi connectivity index (χ4n) is 3.98. The van der Waals surface area contributed by atoms with E-state index in [4.69, 9.17) is 9.47 Å². The summed E-state index contributed by atoms with van der Waals surface area (Å²) in [4.78, 5) is 38.6. The molecule has 1 aliphatic rings. The Morgan fingerprint density at radius 2 is 1.12 bits per heavy atom. The molecule has 0 amide bonds. The summed E-state index contributed by atoms with van der Waals surface area (Å²) in [5, 5.41) is 0. The molecule has 0 bridgehead atoms. The van der Waals surface area contributed by atoms with Gasteiger partial charge in [-0.1, -0.05) is 82.3 Å². The normalized spacial score (nSPS) is 13.0. The lowest BCUT2D eigenvalue weighted by atomic mass is 9.73. The van der Waals surface area contributed by atoms with Crippen molar-refractivity contribution < 1.29 is 23.9 Å². The standard InChI is InChI=1S/C28H26O5/c1-16(2)27(30)32-21-14-8-12-19-23(18-10-6-5-7-11-18)20-13-9-15-22(33-28(31)17(3)4)25(20)26(29)24(19)21/h5-17,23H,1-4H3. The summed E-state index contributed by atoms with van der Waals surface area (Å²) in [5.41, 5.74) is 3.12. The molecule has 3 aromatic rings. The van der Waals surface area contributed by atoms with E-state index < -0.39 is 11.9 Å². The van der Waals surface area contributed by atoms with Crippen LogP contribution in [0.4, 0.5) is 0 Å². The number of carbonyl (C=O) groups is 3. The average Bonchev–Trinajstić information content (AvgIpc) is 2.79. The molecule has 0 radical (unpaired) electrons. The van der Waals surface area contributed by atoms with Crippen molar-refractivity contribution in [2.75, 3.05) is 0 Å². The molecule has 0 spiro atoms. The number of fused-ring (bicyclic) bond motifs is 2. The molecule has 4 rings (SSSR count). The number of rotatable bonds is 5. The molecule has 0 atom stereocenters. The minimum absolute atomic E-state index is 0.216. The van der Waals surface area contributed by atoms with Crippen LogP contribution in [0.15, 0.2) is 66.7 Å². The van der Waals surface area contributed by atoms with Crippen LogP contribution in [-0.2, 0) is 9.59 Å². The summed E-state index contributed by atoms with van der Waals surface area (Å²) >= 11 is 0. The van der Waals surface area contributed by atoms with Crippen LogP contribution in [-0.4, -0.2) is 17.7 Å². The number of hydrogen-bond acceptors (Lipinski definition) is 5. The topological polar surface area (TPSA) is 69.7 Å². The summed E-state index contributed by atoms with van der Waals surface area (Å²) in [7, 11) is 0. The Kier molecular flexibility index (Phi) is 6.14. The fraction of sp³-hybridized carbons (Fsp3) is 0.250. The van der Waals surface area contributed by atoms with E-state index in [0.29, 0.717) is 11.1 Å². The molecule has 168 valence electrons. The first-order valence-corrected chi connectivity index (χ1v) is 11.1. The van der Waals surface area contributed by atoms with Crippen LogP contribution in [0.3, 0.4) is 0 Å². The van der Waals surface area contributed by atoms with Crippen molar-refractivity contribution in [1.29, 1.82) is 0 Å². The Labute approximate surface area is 193 Å². The highest BCUT2D eigenvalue weighted by molar-refractivity contribution is 6.16. The van der Waals surface area contributed by atoms with E-state index in [9.17, 15) is 14.4 Å². The molecular formula is C28H26O5. The average molecular weight is 443 g/mol. The van der Waals surface area contributed by atoms with Crippen LogP contribution < -0.4 is 9.47 Å². The second kappa shape index (κ2) is 9.02. The second-order valence-corrected chi connectivity index (χ2v) is 8.77. The highest BCUT2D eigenvalue weighted by atomic mass is 16.5. The van der Waals surface area contributed by atoms with Crippen molar-refractivity contribution in [3.63, 3.8) is 0 Å². The lowest BCUT2D eigenvalue weighted by Crippen LogP contribution is -2.25. The van der Waals surface area contributed by atoms with Crippen molar-refractivity contribution in [3.8, 4) is 11.5 Å². The third-order valence-corrected chi connectivity index (χ3v) is 5.69. The number of ketones is 1. The molecule has 0 saturated heterocycles. The van der Waals surface area contributed by atoms with Gasteiger partial charge in [-0.3, -0.25) is 14.4 Å². The van der Waals surface area contributed by atoms with E-state index in [1.165, 1.54) is 0 Å². The lowest BCUT2D eigenvalue weighted by Gasteiger charge is -2.30. The molecule has 1 aliphatic carbocycles. The van der Waals surface area contributed by atoms with Gasteiger partial charge in [-0.15, -0.1) is 0 Å². The van der Waals surface area contributed by atoms with Gasteiger partial charge in [0.15, 0.2) is 0 Å². The molecule has 5 heteroatoms. The van der Waals surface area contributed by atoms with Gasteiger partial charge < -0.3 is 9.47 Å². The van der Waals surface area contributed by atoms with Gasteiger partial charge in [0.1, 0.15) is 11.5 Å². The van der Waals surface area contributed by atoms with Crippen molar-refractivity contribution >= 4 is 17.7 Å². The van der Waals surface area contributed by atoms with Crippen molar-refractivity contribution in [1.82, 2.24) is 0 Å². The summed E-state index contributed by atoms with van der Waals surface area (Å²) in [6.45, 7) is 6.96. The zero-order valence-corrected chi connectivity index (χ0v) is 19.1. The maximum atomic E-state index is 13.8. The van der Waals surface area contributed by atoms with Gasteiger partial charge in [-0.25, -0.2) is 0 Å². The monoisotopic (exact) mass is 442 g/mol. The van der Waals surface area contributed by atoms with Crippen LogP contribution in [0.5, 0.6) is 11.5 Å². The van der Waals surface area contributed by atoms with Crippen LogP contribution >= 0.6 is 0 Å². The summed E-state index contributed by atoms with van der Waals surface area (Å²) in [5.74, 6) is -1.72. The second-order valence-electron chi connectivity index (χ2n) is 8.77. The van der Waals surface area contributed by atoms with Crippen molar-refractivity contribution in [2.24, 2.45) is 11.8 Å². The van der Waals surface area contributed by atoms with E-state index in [2.05, 4.69) is 0 Å². The van der Waals surface area contributed by atoms with Crippen LogP contribution in [0, 0.1) is 11.8 Å². The number of carbonyl (C=O) groups excluding carboxylic acids is 3. The number of benzene rings is 3. The third-order valence-electron chi connectivity index (χ3n) is 5.69. The molecule has 33 heavy (non-hydrogen) atoms. The van der Waals surface area contributed by atoms with E-state index in [-0.39, 0.29) is 35.0 Å². The molecule has 0 aliphatic heterocycles. The van der Waals surface area contributed by atoms with Gasteiger partial charge in [0, 0.05) is 5.92 Å². The van der Waals surface area contributed by atoms with Crippen molar-refractivity contribution in [2.45, 2.75) is 33.6 Å². The first-order valence-electron chi connectivity index (χ1n) is 11.1. The van der Waals surface area contributed by atoms with Gasteiger partial charge in [0.25, 0.3) is 0 Å². The van der Waals surface area contributed by atoms with Crippen LogP contribution in [0.1, 0.15) is 66.2 Å². The fourth-order valence-corrected chi connectivity index (χ4v) is 3.98. The number of esters is 2. The van der Waals surface area contributed by atoms with Gasteiger partial charge >= 0.3 is 11.9 Å². The SMILES string of the molecule is CC(C)C(=O)Oc1cccc2c1C(=O)c1c(OC(=O)C(C)C)cccc1C2c1ccccc1. The smallest absolute Gasteiger partial charge is 0.313 e. The largest absolute Gasteiger partial charge is 0.426 e. The Bertz CT molecular complexity index is 1150. The molecule has 0 unspecified atom stereocenters. The maximum Gasteiger partial charge on any atom is 0.313 e. The zero-order chi connectivity index (χ0) is 23.7. The number of ether oxygens (including phenoxy) is 2. The highest BCUT2D eigenvalue weighted by Gasteiger charge is 2.37. The van der Waals surface area contributed by atoms with Gasteiger partial charge in [-0.05, 0) is 28.8 Å². The first-order chi connectivity index (χ1) is 15.8. The minimum Gasteiger partial charge on any atom is -0.426 e. The number of hydrogen-bond donors (Lipinski definition) is 0. The van der Waals surface area contributed by atoms with Gasteiger partial charge in [-0.2, -0.15) is 0 Å². The molecular weight excluding hydrogens is 416 g/mol. The van der Waals surface area contributed by atoms with Crippen LogP contribution in [0.2, 0.25) is 0 Å². The predicted octanol–water partition coefficient (Wildman–Crippen LogP) is 5.53. The first kappa shape index (κ1) is 22.5. The molecule has 5 nitrogen and oxygen atoms in total. The van der Waals surface area contributed by atoms with E-state index in [0.717, 1.165) is 16.7 Å².